The van der Waals surface area contributed by atoms with Crippen molar-refractivity contribution in [2.24, 2.45) is 0 Å². The van der Waals surface area contributed by atoms with Crippen LogP contribution in [-0.2, 0) is 17.4 Å². The van der Waals surface area contributed by atoms with Gasteiger partial charge in [0.2, 0.25) is 0 Å². The monoisotopic (exact) mass is 420 g/mol. The number of carboxylic acids is 1. The maximum Gasteiger partial charge on any atom is 0.416 e. The number of carbonyl (C=O) groups is 1. The molecule has 0 saturated heterocycles. The minimum atomic E-state index is -4.33. The zero-order chi connectivity index (χ0) is 22.7. The van der Waals surface area contributed by atoms with Gasteiger partial charge in [-0.2, -0.15) is 13.2 Å². The summed E-state index contributed by atoms with van der Waals surface area (Å²) in [5, 5.41) is 9.04. The van der Waals surface area contributed by atoms with E-state index in [1.54, 1.807) is 6.08 Å². The number of benzene rings is 2. The number of halogens is 3. The van der Waals surface area contributed by atoms with Crippen LogP contribution in [0, 0.1) is 0 Å². The SMILES string of the molecule is CC.CC.O=C(O)CC1CCCc2cc(/C=C/c3ccc(C(F)(F)F)cc3)ccc21. The van der Waals surface area contributed by atoms with Crippen LogP contribution < -0.4 is 0 Å². The lowest BCUT2D eigenvalue weighted by atomic mass is 9.80. The van der Waals surface area contributed by atoms with Crippen LogP contribution in [0.2, 0.25) is 0 Å². The smallest absolute Gasteiger partial charge is 0.416 e. The van der Waals surface area contributed by atoms with Crippen LogP contribution in [0.5, 0.6) is 0 Å². The number of rotatable bonds is 4. The van der Waals surface area contributed by atoms with Crippen LogP contribution in [0.15, 0.2) is 42.5 Å². The molecule has 3 rings (SSSR count). The Balaban J connectivity index is 0.00000106. The molecule has 0 amide bonds. The molecule has 30 heavy (non-hydrogen) atoms. The van der Waals surface area contributed by atoms with Crippen molar-refractivity contribution in [1.29, 1.82) is 0 Å². The molecule has 0 fully saturated rings. The molecule has 1 aliphatic rings. The maximum absolute atomic E-state index is 12.6. The van der Waals surface area contributed by atoms with Crippen LogP contribution in [0.25, 0.3) is 12.2 Å². The third kappa shape index (κ3) is 7.36. The van der Waals surface area contributed by atoms with Crippen LogP contribution in [0.3, 0.4) is 0 Å². The van der Waals surface area contributed by atoms with Crippen LogP contribution in [-0.4, -0.2) is 11.1 Å². The Kier molecular flexibility index (Phi) is 10.4. The molecule has 1 N–H and O–H groups in total. The number of hydrogen-bond acceptors (Lipinski definition) is 1. The van der Waals surface area contributed by atoms with E-state index in [2.05, 4.69) is 0 Å². The molecule has 0 aromatic heterocycles. The molecule has 0 radical (unpaired) electrons. The van der Waals surface area contributed by atoms with Gasteiger partial charge in [0, 0.05) is 0 Å². The number of carboxylic acid groups (broad SMARTS) is 1. The van der Waals surface area contributed by atoms with Crippen LogP contribution >= 0.6 is 0 Å². The summed E-state index contributed by atoms with van der Waals surface area (Å²) in [5.41, 5.74) is 3.26. The Morgan fingerprint density at radius 1 is 1.00 bits per heavy atom. The van der Waals surface area contributed by atoms with Gasteiger partial charge in [0.05, 0.1) is 12.0 Å². The fraction of sp³-hybridized carbons (Fsp3) is 0.400. The van der Waals surface area contributed by atoms with E-state index in [0.29, 0.717) is 5.56 Å². The standard InChI is InChI=1S/C21H19F3O2.2C2H6/c22-21(23,24)18-9-6-14(7-10-18)4-5-15-8-11-19-16(12-15)2-1-3-17(19)13-20(25)26;2*1-2/h4-12,17H,1-3,13H2,(H,25,26);2*1-2H3/b5-4+;;. The van der Waals surface area contributed by atoms with Crippen molar-refractivity contribution in [2.45, 2.75) is 65.5 Å². The van der Waals surface area contributed by atoms with Crippen molar-refractivity contribution in [3.05, 3.63) is 70.3 Å². The molecular formula is C25H31F3O2. The highest BCUT2D eigenvalue weighted by atomic mass is 19.4. The molecule has 164 valence electrons. The van der Waals surface area contributed by atoms with E-state index in [4.69, 9.17) is 5.11 Å². The largest absolute Gasteiger partial charge is 0.481 e. The lowest BCUT2D eigenvalue weighted by molar-refractivity contribution is -0.138. The van der Waals surface area contributed by atoms with Gasteiger partial charge in [-0.1, -0.05) is 70.2 Å². The summed E-state index contributed by atoms with van der Waals surface area (Å²) in [6, 6.07) is 11.0. The second-order valence-corrected chi connectivity index (χ2v) is 6.60. The van der Waals surface area contributed by atoms with E-state index < -0.39 is 17.7 Å². The van der Waals surface area contributed by atoms with Gasteiger partial charge >= 0.3 is 12.1 Å². The highest BCUT2D eigenvalue weighted by molar-refractivity contribution is 5.71. The number of aryl methyl sites for hydroxylation is 1. The molecule has 2 nitrogen and oxygen atoms in total. The first kappa shape index (κ1) is 25.5. The number of alkyl halides is 3. The second-order valence-electron chi connectivity index (χ2n) is 6.60. The topological polar surface area (TPSA) is 37.3 Å². The number of hydrogen-bond donors (Lipinski definition) is 1. The zero-order valence-electron chi connectivity index (χ0n) is 18.1. The Labute approximate surface area is 177 Å². The third-order valence-corrected chi connectivity index (χ3v) is 4.73. The van der Waals surface area contributed by atoms with E-state index in [-0.39, 0.29) is 12.3 Å². The highest BCUT2D eigenvalue weighted by Gasteiger charge is 2.29. The first-order chi connectivity index (χ1) is 14.3. The van der Waals surface area contributed by atoms with E-state index in [9.17, 15) is 18.0 Å². The molecule has 1 aliphatic carbocycles. The van der Waals surface area contributed by atoms with Gasteiger partial charge in [0.25, 0.3) is 0 Å². The molecule has 1 unspecified atom stereocenters. The van der Waals surface area contributed by atoms with E-state index in [1.165, 1.54) is 12.1 Å². The van der Waals surface area contributed by atoms with Gasteiger partial charge in [0.1, 0.15) is 0 Å². The van der Waals surface area contributed by atoms with Gasteiger partial charge in [0.15, 0.2) is 0 Å². The fourth-order valence-electron chi connectivity index (χ4n) is 3.44. The molecule has 1 atom stereocenters. The molecule has 0 heterocycles. The summed E-state index contributed by atoms with van der Waals surface area (Å²) in [5.74, 6) is -0.724. The molecule has 0 bridgehead atoms. The van der Waals surface area contributed by atoms with Crippen molar-refractivity contribution in [1.82, 2.24) is 0 Å². The van der Waals surface area contributed by atoms with Gasteiger partial charge in [-0.15, -0.1) is 0 Å². The summed E-state index contributed by atoms with van der Waals surface area (Å²) >= 11 is 0. The lowest BCUT2D eigenvalue weighted by Gasteiger charge is -2.24. The third-order valence-electron chi connectivity index (χ3n) is 4.73. The van der Waals surface area contributed by atoms with Gasteiger partial charge in [-0.25, -0.2) is 0 Å². The average Bonchev–Trinajstić information content (AvgIpc) is 2.74. The summed E-state index contributed by atoms with van der Waals surface area (Å²) in [7, 11) is 0. The first-order valence-corrected chi connectivity index (χ1v) is 10.5. The average molecular weight is 421 g/mol. The lowest BCUT2D eigenvalue weighted by Crippen LogP contribution is -2.13. The maximum atomic E-state index is 12.6. The predicted octanol–water partition coefficient (Wildman–Crippen LogP) is 7.82. The fourth-order valence-corrected chi connectivity index (χ4v) is 3.44. The van der Waals surface area contributed by atoms with Crippen molar-refractivity contribution in [2.75, 3.05) is 0 Å². The molecule has 0 saturated carbocycles. The number of fused-ring (bicyclic) bond motifs is 1. The van der Waals surface area contributed by atoms with Gasteiger partial charge in [-0.05, 0) is 59.6 Å². The van der Waals surface area contributed by atoms with E-state index in [0.717, 1.165) is 48.1 Å². The van der Waals surface area contributed by atoms with Crippen LogP contribution in [0.4, 0.5) is 13.2 Å². The summed E-state index contributed by atoms with van der Waals surface area (Å²) in [6.07, 6.45) is 2.24. The quantitative estimate of drug-likeness (QED) is 0.512. The van der Waals surface area contributed by atoms with E-state index >= 15 is 0 Å². The first-order valence-electron chi connectivity index (χ1n) is 10.5. The summed E-state index contributed by atoms with van der Waals surface area (Å²) < 4.78 is 37.8. The highest BCUT2D eigenvalue weighted by Crippen LogP contribution is 2.35. The zero-order valence-corrected chi connectivity index (χ0v) is 18.1. The summed E-state index contributed by atoms with van der Waals surface area (Å²) in [4.78, 5) is 11.0. The van der Waals surface area contributed by atoms with Crippen molar-refractivity contribution < 1.29 is 23.1 Å². The Bertz CT molecular complexity index is 821. The predicted molar refractivity (Wildman–Crippen MR) is 117 cm³/mol. The molecule has 0 spiro atoms. The van der Waals surface area contributed by atoms with Crippen LogP contribution in [0.1, 0.15) is 80.7 Å². The van der Waals surface area contributed by atoms with Gasteiger partial charge in [-0.3, -0.25) is 4.79 Å². The van der Waals surface area contributed by atoms with Gasteiger partial charge < -0.3 is 5.11 Å². The Morgan fingerprint density at radius 3 is 2.13 bits per heavy atom. The second kappa shape index (κ2) is 12.2. The summed E-state index contributed by atoms with van der Waals surface area (Å²) in [6.45, 7) is 8.00. The molecule has 2 aromatic rings. The Morgan fingerprint density at radius 2 is 1.57 bits per heavy atom. The Hall–Kier alpha value is -2.56. The molecule has 0 aliphatic heterocycles. The normalized spacial score (nSPS) is 15.4. The van der Waals surface area contributed by atoms with Crippen molar-refractivity contribution >= 4 is 18.1 Å². The molecular weight excluding hydrogens is 389 g/mol. The minimum absolute atomic E-state index is 0.0594. The van der Waals surface area contributed by atoms with Crippen molar-refractivity contribution in [3.63, 3.8) is 0 Å². The van der Waals surface area contributed by atoms with Crippen molar-refractivity contribution in [3.8, 4) is 0 Å². The molecule has 2 aromatic carbocycles. The molecule has 5 heteroatoms. The number of aliphatic carboxylic acids is 1. The minimum Gasteiger partial charge on any atom is -0.481 e. The van der Waals surface area contributed by atoms with E-state index in [1.807, 2.05) is 52.0 Å².